The summed E-state index contributed by atoms with van der Waals surface area (Å²) < 4.78 is 0. The molecule has 0 atom stereocenters. The molecule has 4 aromatic carbocycles. The molecule has 6 aromatic rings. The van der Waals surface area contributed by atoms with Gasteiger partial charge in [0, 0.05) is 21.5 Å². The van der Waals surface area contributed by atoms with Gasteiger partial charge in [0.15, 0.2) is 0 Å². The number of hydrogen-bond acceptors (Lipinski definition) is 2. The van der Waals surface area contributed by atoms with Crippen LogP contribution < -0.4 is 0 Å². The van der Waals surface area contributed by atoms with Gasteiger partial charge in [-0.3, -0.25) is 0 Å². The first-order chi connectivity index (χ1) is 14.9. The molecule has 0 amide bonds. The Morgan fingerprint density at radius 3 is 0.900 bits per heavy atom. The molecule has 0 unspecified atom stereocenters. The average molecular weight is 485 g/mol. The van der Waals surface area contributed by atoms with E-state index in [9.17, 15) is 0 Å². The van der Waals surface area contributed by atoms with Gasteiger partial charge in [0.05, 0.1) is 22.1 Å². The van der Waals surface area contributed by atoms with Gasteiger partial charge in [-0.15, -0.1) is 0 Å². The number of pyridine rings is 2. The van der Waals surface area contributed by atoms with Crippen LogP contribution >= 0.6 is 8.51 Å². The van der Waals surface area contributed by atoms with E-state index in [2.05, 4.69) is 46.4 Å². The van der Waals surface area contributed by atoms with Crippen LogP contribution in [0, 0.1) is 0 Å². The van der Waals surface area contributed by atoms with Crippen LogP contribution in [0.25, 0.3) is 43.6 Å². The third kappa shape index (κ3) is 4.59. The Morgan fingerprint density at radius 2 is 0.633 bits per heavy atom. The van der Waals surface area contributed by atoms with Gasteiger partial charge in [0.1, 0.15) is 0 Å². The van der Waals surface area contributed by atoms with E-state index in [4.69, 9.17) is 8.51 Å². The van der Waals surface area contributed by atoms with Crippen LogP contribution in [0.15, 0.2) is 109 Å². The topological polar surface area (TPSA) is 25.8 Å². The van der Waals surface area contributed by atoms with Crippen LogP contribution in [0.3, 0.4) is 0 Å². The van der Waals surface area contributed by atoms with Crippen LogP contribution in [0.4, 0.5) is 0 Å². The standard InChI is InChI=1S/2C13H9N.ClH.Zr/c2*1-3-7-12-10(5-1)9-11-6-2-4-8-13(11)14-12;;/h2*1-9H;1H;/q;;;+1/p-1. The van der Waals surface area contributed by atoms with Crippen molar-refractivity contribution < 1.29 is 23.5 Å². The number of nitrogens with zero attached hydrogens (tertiary/aromatic N) is 2. The number of fused-ring (bicyclic) bond motifs is 4. The molecule has 4 heteroatoms. The molecule has 2 aromatic heterocycles. The molecule has 2 nitrogen and oxygen atoms in total. The maximum Gasteiger partial charge on any atom is 0.0709 e. The van der Waals surface area contributed by atoms with E-state index in [1.165, 1.54) is 21.5 Å². The van der Waals surface area contributed by atoms with Crippen molar-refractivity contribution in [1.82, 2.24) is 9.97 Å². The number of halogens is 1. The second-order valence-electron chi connectivity index (χ2n) is 6.75. The molecule has 0 saturated carbocycles. The minimum atomic E-state index is 1.02. The molecular weight excluding hydrogens is 467 g/mol. The third-order valence-electron chi connectivity index (χ3n) is 4.85. The van der Waals surface area contributed by atoms with E-state index in [0.717, 1.165) is 45.6 Å². The number of aromatic nitrogens is 2. The van der Waals surface area contributed by atoms with Gasteiger partial charge in [0.25, 0.3) is 0 Å². The molecule has 0 fully saturated rings. The first kappa shape index (κ1) is 20.7. The van der Waals surface area contributed by atoms with Gasteiger partial charge in [-0.2, -0.15) is 0 Å². The monoisotopic (exact) mass is 483 g/mol. The maximum absolute atomic E-state index is 4.73. The summed E-state index contributed by atoms with van der Waals surface area (Å²) in [7, 11) is 4.73. The fourth-order valence-corrected chi connectivity index (χ4v) is 3.44. The molecule has 0 N–H and O–H groups in total. The molecule has 0 bridgehead atoms. The molecule has 0 spiro atoms. The molecule has 143 valence electrons. The summed E-state index contributed by atoms with van der Waals surface area (Å²) in [5, 5.41) is 4.80. The zero-order chi connectivity index (χ0) is 20.8. The van der Waals surface area contributed by atoms with Crippen molar-refractivity contribution in [2.45, 2.75) is 0 Å². The Bertz CT molecular complexity index is 1110. The van der Waals surface area contributed by atoms with Gasteiger partial charge in [-0.25, -0.2) is 9.97 Å². The molecule has 30 heavy (non-hydrogen) atoms. The summed E-state index contributed by atoms with van der Waals surface area (Å²) in [6.45, 7) is 0. The van der Waals surface area contributed by atoms with Crippen LogP contribution in [0.2, 0.25) is 0 Å². The summed E-state index contributed by atoms with van der Waals surface area (Å²) in [4.78, 5) is 9.16. The minimum Gasteiger partial charge on any atom is -0.248 e. The van der Waals surface area contributed by atoms with Crippen molar-refractivity contribution in [3.8, 4) is 0 Å². The van der Waals surface area contributed by atoms with Crippen molar-refractivity contribution in [2.75, 3.05) is 0 Å². The van der Waals surface area contributed by atoms with Crippen molar-refractivity contribution in [3.05, 3.63) is 109 Å². The second kappa shape index (κ2) is 9.93. The first-order valence-electron chi connectivity index (χ1n) is 9.55. The summed E-state index contributed by atoms with van der Waals surface area (Å²) in [6.07, 6.45) is 0. The SMILES string of the molecule is [Cl][Zr].c1ccc2nc3ccccc3cc2c1.c1ccc2nc3ccccc3cc2c1. The van der Waals surface area contributed by atoms with Gasteiger partial charge in [-0.1, -0.05) is 72.8 Å². The Kier molecular flexibility index (Phi) is 6.84. The number of benzene rings is 4. The maximum atomic E-state index is 4.73. The fraction of sp³-hybridized carbons (Fsp3) is 0. The summed E-state index contributed by atoms with van der Waals surface area (Å²) in [6, 6.07) is 37.1. The quantitative estimate of drug-likeness (QED) is 0.209. The van der Waals surface area contributed by atoms with E-state index in [1.54, 1.807) is 0 Å². The fourth-order valence-electron chi connectivity index (χ4n) is 3.44. The molecule has 0 aliphatic rings. The van der Waals surface area contributed by atoms with E-state index >= 15 is 0 Å². The van der Waals surface area contributed by atoms with Gasteiger partial charge in [0.2, 0.25) is 0 Å². The number of hydrogen-bond donors (Lipinski definition) is 0. The molecular formula is C26H18ClN2Zr. The van der Waals surface area contributed by atoms with Crippen molar-refractivity contribution >= 4 is 52.1 Å². The summed E-state index contributed by atoms with van der Waals surface area (Å²) in [5.41, 5.74) is 4.25. The predicted molar refractivity (Wildman–Crippen MR) is 124 cm³/mol. The Hall–Kier alpha value is -2.61. The molecule has 0 aliphatic heterocycles. The van der Waals surface area contributed by atoms with E-state index in [-0.39, 0.29) is 0 Å². The van der Waals surface area contributed by atoms with Crippen LogP contribution in [0.5, 0.6) is 0 Å². The Morgan fingerprint density at radius 1 is 0.400 bits per heavy atom. The zero-order valence-corrected chi connectivity index (χ0v) is 19.4. The summed E-state index contributed by atoms with van der Waals surface area (Å²) >= 11 is 1.02. The molecule has 0 aliphatic carbocycles. The van der Waals surface area contributed by atoms with Gasteiger partial charge >= 0.3 is 32.0 Å². The second-order valence-corrected chi connectivity index (χ2v) is 6.75. The van der Waals surface area contributed by atoms with Crippen molar-refractivity contribution in [2.24, 2.45) is 0 Å². The van der Waals surface area contributed by atoms with Crippen LogP contribution in [-0.2, 0) is 23.5 Å². The molecule has 6 rings (SSSR count). The van der Waals surface area contributed by atoms with Crippen LogP contribution in [0.1, 0.15) is 0 Å². The van der Waals surface area contributed by atoms with Gasteiger partial charge in [-0.05, 0) is 36.4 Å². The number of rotatable bonds is 0. The molecule has 0 saturated heterocycles. The third-order valence-corrected chi connectivity index (χ3v) is 4.85. The summed E-state index contributed by atoms with van der Waals surface area (Å²) in [5.74, 6) is 0. The zero-order valence-electron chi connectivity index (χ0n) is 16.2. The smallest absolute Gasteiger partial charge is 0.0709 e. The number of para-hydroxylation sites is 4. The van der Waals surface area contributed by atoms with Gasteiger partial charge < -0.3 is 0 Å². The molecule has 0 radical (unpaired) electrons. The Labute approximate surface area is 193 Å². The first-order valence-corrected chi connectivity index (χ1v) is 12.7. The van der Waals surface area contributed by atoms with E-state index < -0.39 is 0 Å². The predicted octanol–water partition coefficient (Wildman–Crippen LogP) is 7.46. The van der Waals surface area contributed by atoms with Crippen molar-refractivity contribution in [1.29, 1.82) is 0 Å². The normalized spacial score (nSPS) is 10.3. The van der Waals surface area contributed by atoms with Crippen molar-refractivity contribution in [3.63, 3.8) is 0 Å². The average Bonchev–Trinajstić information content (AvgIpc) is 2.83. The minimum absolute atomic E-state index is 1.02. The van der Waals surface area contributed by atoms with Crippen LogP contribution in [-0.4, -0.2) is 9.97 Å². The largest absolute Gasteiger partial charge is 0.248 e. The van der Waals surface area contributed by atoms with E-state index in [1.807, 2.05) is 72.8 Å². The Balaban J connectivity index is 0.000000134. The molecule has 2 heterocycles. The van der Waals surface area contributed by atoms with E-state index in [0.29, 0.717) is 0 Å².